The summed E-state index contributed by atoms with van der Waals surface area (Å²) in [7, 11) is 1.53. The molecule has 2 atom stereocenters. The zero-order chi connectivity index (χ0) is 25.1. The number of nitrogens with one attached hydrogen (secondary N) is 2. The highest BCUT2D eigenvalue weighted by Crippen LogP contribution is 2.44. The van der Waals surface area contributed by atoms with Gasteiger partial charge in [-0.15, -0.1) is 0 Å². The van der Waals surface area contributed by atoms with Crippen molar-refractivity contribution in [1.82, 2.24) is 15.1 Å². The number of aromatic nitrogens is 2. The topological polar surface area (TPSA) is 123 Å². The summed E-state index contributed by atoms with van der Waals surface area (Å²) in [6.45, 7) is 3.90. The van der Waals surface area contributed by atoms with Crippen molar-refractivity contribution in [3.63, 3.8) is 0 Å². The first-order chi connectivity index (χ1) is 16.8. The number of nitrogens with zero attached hydrogens (tertiary/aromatic N) is 2. The minimum absolute atomic E-state index is 0.0899. The summed E-state index contributed by atoms with van der Waals surface area (Å²) in [6, 6.07) is 16.5. The first-order valence-corrected chi connectivity index (χ1v) is 11.5. The van der Waals surface area contributed by atoms with Gasteiger partial charge < -0.3 is 20.5 Å². The highest BCUT2D eigenvalue weighted by Gasteiger charge is 2.31. The van der Waals surface area contributed by atoms with Crippen LogP contribution in [0.4, 0.5) is 10.6 Å². The Morgan fingerprint density at radius 3 is 2.23 bits per heavy atom. The molecule has 3 aromatic rings. The predicted molar refractivity (Wildman–Crippen MR) is 130 cm³/mol. The Hall–Kier alpha value is -4.14. The van der Waals surface area contributed by atoms with Crippen molar-refractivity contribution in [3.05, 3.63) is 71.4 Å². The van der Waals surface area contributed by atoms with Crippen molar-refractivity contribution >= 4 is 23.8 Å². The molecule has 0 radical (unpaired) electrons. The average Bonchev–Trinajstić information content (AvgIpc) is 3.38. The van der Waals surface area contributed by atoms with Crippen LogP contribution >= 0.6 is 0 Å². The van der Waals surface area contributed by atoms with Gasteiger partial charge in [0.05, 0.1) is 0 Å². The maximum absolute atomic E-state index is 13.0. The van der Waals surface area contributed by atoms with Crippen molar-refractivity contribution in [1.29, 1.82) is 0 Å². The molecule has 0 saturated carbocycles. The second-order valence-corrected chi connectivity index (χ2v) is 8.67. The maximum Gasteiger partial charge on any atom is 0.407 e. The number of aryl methyl sites for hydroxylation is 1. The largest absolute Gasteiger partial charge is 0.476 e. The van der Waals surface area contributed by atoms with E-state index in [0.29, 0.717) is 6.42 Å². The van der Waals surface area contributed by atoms with E-state index in [2.05, 4.69) is 27.9 Å². The molecule has 4 rings (SSSR count). The summed E-state index contributed by atoms with van der Waals surface area (Å²) in [5, 5.41) is 18.3. The molecule has 0 saturated heterocycles. The summed E-state index contributed by atoms with van der Waals surface area (Å²) < 4.78 is 6.87. The highest BCUT2D eigenvalue weighted by atomic mass is 16.5. The summed E-state index contributed by atoms with van der Waals surface area (Å²) >= 11 is 0. The van der Waals surface area contributed by atoms with Gasteiger partial charge in [0, 0.05) is 19.0 Å². The second kappa shape index (κ2) is 10.0. The lowest BCUT2D eigenvalue weighted by molar-refractivity contribution is -0.119. The Kier molecular flexibility index (Phi) is 6.86. The number of fused-ring (bicyclic) bond motifs is 3. The van der Waals surface area contributed by atoms with Crippen LogP contribution in [0.5, 0.6) is 0 Å². The summed E-state index contributed by atoms with van der Waals surface area (Å²) in [6.07, 6.45) is -0.0587. The van der Waals surface area contributed by atoms with Crippen LogP contribution in [0.2, 0.25) is 0 Å². The minimum Gasteiger partial charge on any atom is -0.476 e. The lowest BCUT2D eigenvalue weighted by atomic mass is 9.98. The van der Waals surface area contributed by atoms with Gasteiger partial charge in [0.1, 0.15) is 18.5 Å². The van der Waals surface area contributed by atoms with E-state index >= 15 is 0 Å². The Morgan fingerprint density at radius 2 is 1.69 bits per heavy atom. The standard InChI is InChI=1S/C26H28N4O5/c1-4-15(2)23(24(31)27-22-13-21(25(32)33)29-30(22)3)28-26(34)35-14-20-18-11-7-5-9-16(18)17-10-6-8-12-19(17)20/h5-13,15,20,23H,4,14H2,1-3H3,(H,27,31)(H,28,34)(H,32,33)/t15?,23-/m0/s1. The minimum atomic E-state index is -1.20. The molecule has 9 nitrogen and oxygen atoms in total. The van der Waals surface area contributed by atoms with Gasteiger partial charge in [-0.25, -0.2) is 9.59 Å². The van der Waals surface area contributed by atoms with Crippen molar-refractivity contribution in [2.75, 3.05) is 11.9 Å². The number of carbonyl (C=O) groups is 3. The van der Waals surface area contributed by atoms with Crippen LogP contribution in [-0.2, 0) is 16.6 Å². The van der Waals surface area contributed by atoms with E-state index in [1.165, 1.54) is 17.8 Å². The van der Waals surface area contributed by atoms with E-state index in [1.807, 2.05) is 50.2 Å². The van der Waals surface area contributed by atoms with Crippen molar-refractivity contribution in [2.24, 2.45) is 13.0 Å². The molecule has 2 amide bonds. The molecule has 35 heavy (non-hydrogen) atoms. The van der Waals surface area contributed by atoms with E-state index in [-0.39, 0.29) is 30.0 Å². The Balaban J connectivity index is 1.44. The smallest absolute Gasteiger partial charge is 0.407 e. The lowest BCUT2D eigenvalue weighted by Crippen LogP contribution is -2.48. The van der Waals surface area contributed by atoms with Gasteiger partial charge >= 0.3 is 12.1 Å². The maximum atomic E-state index is 13.0. The summed E-state index contributed by atoms with van der Waals surface area (Å²) in [5.41, 5.74) is 4.27. The fourth-order valence-corrected chi connectivity index (χ4v) is 4.36. The van der Waals surface area contributed by atoms with E-state index in [1.54, 1.807) is 0 Å². The quantitative estimate of drug-likeness (QED) is 0.452. The van der Waals surface area contributed by atoms with Crippen LogP contribution in [0, 0.1) is 5.92 Å². The molecule has 1 aromatic heterocycles. The van der Waals surface area contributed by atoms with Crippen LogP contribution < -0.4 is 10.6 Å². The van der Waals surface area contributed by atoms with Crippen molar-refractivity contribution in [3.8, 4) is 11.1 Å². The first kappa shape index (κ1) is 24.0. The number of carbonyl (C=O) groups excluding carboxylic acids is 2. The zero-order valence-electron chi connectivity index (χ0n) is 19.8. The molecule has 0 bridgehead atoms. The number of benzene rings is 2. The van der Waals surface area contributed by atoms with Gasteiger partial charge in [0.15, 0.2) is 5.69 Å². The zero-order valence-corrected chi connectivity index (χ0v) is 19.8. The third kappa shape index (κ3) is 4.89. The fourth-order valence-electron chi connectivity index (χ4n) is 4.36. The number of carboxylic acids is 1. The second-order valence-electron chi connectivity index (χ2n) is 8.67. The van der Waals surface area contributed by atoms with Gasteiger partial charge in [-0.2, -0.15) is 5.10 Å². The monoisotopic (exact) mass is 476 g/mol. The molecule has 0 aliphatic heterocycles. The van der Waals surface area contributed by atoms with Gasteiger partial charge in [-0.1, -0.05) is 68.8 Å². The Labute approximate surface area is 203 Å². The number of hydrogen-bond donors (Lipinski definition) is 3. The Morgan fingerprint density at radius 1 is 1.09 bits per heavy atom. The van der Waals surface area contributed by atoms with Crippen LogP contribution in [-0.4, -0.2) is 45.5 Å². The molecule has 3 N–H and O–H groups in total. The molecular formula is C26H28N4O5. The number of carboxylic acid groups (broad SMARTS) is 1. The fraction of sp³-hybridized carbons (Fsp3) is 0.308. The molecular weight excluding hydrogens is 448 g/mol. The van der Waals surface area contributed by atoms with E-state index in [4.69, 9.17) is 9.84 Å². The molecule has 9 heteroatoms. The number of anilines is 1. The molecule has 0 fully saturated rings. The third-order valence-electron chi connectivity index (χ3n) is 6.46. The number of amides is 2. The van der Waals surface area contributed by atoms with Gasteiger partial charge in [0.25, 0.3) is 0 Å². The highest BCUT2D eigenvalue weighted by molar-refractivity contribution is 5.97. The Bertz CT molecular complexity index is 1220. The van der Waals surface area contributed by atoms with Gasteiger partial charge in [0.2, 0.25) is 5.91 Å². The van der Waals surface area contributed by atoms with Gasteiger partial charge in [-0.3, -0.25) is 9.48 Å². The third-order valence-corrected chi connectivity index (χ3v) is 6.46. The van der Waals surface area contributed by atoms with Crippen LogP contribution in [0.3, 0.4) is 0 Å². The SMILES string of the molecule is CCC(C)[C@H](NC(=O)OCC1c2ccccc2-c2ccccc21)C(=O)Nc1cc(C(=O)O)nn1C. The van der Waals surface area contributed by atoms with Crippen molar-refractivity contribution < 1.29 is 24.2 Å². The number of alkyl carbamates (subject to hydrolysis) is 1. The van der Waals surface area contributed by atoms with E-state index in [0.717, 1.165) is 22.3 Å². The molecule has 182 valence electrons. The molecule has 1 heterocycles. The molecule has 2 aromatic carbocycles. The van der Waals surface area contributed by atoms with Crippen LogP contribution in [0.15, 0.2) is 54.6 Å². The number of hydrogen-bond acceptors (Lipinski definition) is 5. The summed E-state index contributed by atoms with van der Waals surface area (Å²) in [4.78, 5) is 36.9. The average molecular weight is 477 g/mol. The van der Waals surface area contributed by atoms with E-state index in [9.17, 15) is 14.4 Å². The predicted octanol–water partition coefficient (Wildman–Crippen LogP) is 4.01. The lowest BCUT2D eigenvalue weighted by Gasteiger charge is -2.23. The van der Waals surface area contributed by atoms with E-state index < -0.39 is 24.0 Å². The number of aromatic carboxylic acids is 1. The molecule has 1 aliphatic carbocycles. The normalized spacial score (nSPS) is 13.9. The molecule has 1 aliphatic rings. The van der Waals surface area contributed by atoms with Gasteiger partial charge in [-0.05, 0) is 28.2 Å². The first-order valence-electron chi connectivity index (χ1n) is 11.5. The van der Waals surface area contributed by atoms with Crippen molar-refractivity contribution in [2.45, 2.75) is 32.2 Å². The number of rotatable bonds is 8. The number of ether oxygens (including phenoxy) is 1. The summed E-state index contributed by atoms with van der Waals surface area (Å²) in [5.74, 6) is -1.74. The molecule has 0 spiro atoms. The van der Waals surface area contributed by atoms with Crippen LogP contribution in [0.1, 0.15) is 47.8 Å². The van der Waals surface area contributed by atoms with Crippen LogP contribution in [0.25, 0.3) is 11.1 Å². The molecule has 1 unspecified atom stereocenters.